The first-order chi connectivity index (χ1) is 9.31. The number of carbonyl (C=O) groups is 3. The number of amides is 3. The van der Waals surface area contributed by atoms with Gasteiger partial charge in [0.25, 0.3) is 0 Å². The first-order valence-corrected chi connectivity index (χ1v) is 5.97. The molecule has 0 saturated carbocycles. The fourth-order valence-corrected chi connectivity index (χ4v) is 1.56. The number of carboxylic acid groups (broad SMARTS) is 1. The Hall–Kier alpha value is -2.51. The third-order valence-corrected chi connectivity index (χ3v) is 2.56. The van der Waals surface area contributed by atoms with Crippen LogP contribution in [-0.4, -0.2) is 29.1 Å². The van der Waals surface area contributed by atoms with Gasteiger partial charge in [0.1, 0.15) is 11.8 Å². The van der Waals surface area contributed by atoms with Crippen LogP contribution in [0.4, 0.5) is 4.79 Å². The molecule has 5 N–H and O–H groups in total. The zero-order chi connectivity index (χ0) is 15.3. The van der Waals surface area contributed by atoms with Gasteiger partial charge in [-0.05, 0) is 18.1 Å². The molecule has 110 valence electrons. The Labute approximate surface area is 115 Å². The number of hydrogen-bond acceptors (Lipinski definition) is 4. The molecule has 0 fully saturated rings. The molecular formula is C12H17N3O5. The molecule has 0 aliphatic rings. The van der Waals surface area contributed by atoms with Crippen molar-refractivity contribution < 1.29 is 23.9 Å². The van der Waals surface area contributed by atoms with Gasteiger partial charge in [-0.2, -0.15) is 0 Å². The third-order valence-electron chi connectivity index (χ3n) is 2.56. The maximum atomic E-state index is 11.9. The van der Waals surface area contributed by atoms with E-state index >= 15 is 0 Å². The molecule has 0 bridgehead atoms. The Kier molecular flexibility index (Phi) is 5.13. The molecule has 1 aromatic rings. The highest BCUT2D eigenvalue weighted by Gasteiger charge is 2.23. The van der Waals surface area contributed by atoms with E-state index in [9.17, 15) is 14.4 Å². The zero-order valence-corrected chi connectivity index (χ0v) is 11.2. The zero-order valence-electron chi connectivity index (χ0n) is 11.2. The van der Waals surface area contributed by atoms with E-state index in [0.29, 0.717) is 5.76 Å². The molecule has 0 saturated heterocycles. The van der Waals surface area contributed by atoms with Crippen LogP contribution in [0.2, 0.25) is 0 Å². The van der Waals surface area contributed by atoms with Gasteiger partial charge < -0.3 is 25.9 Å². The van der Waals surface area contributed by atoms with Gasteiger partial charge >= 0.3 is 12.0 Å². The summed E-state index contributed by atoms with van der Waals surface area (Å²) in [5.41, 5.74) is 5.00. The van der Waals surface area contributed by atoms with Gasteiger partial charge in [0.15, 0.2) is 0 Å². The monoisotopic (exact) mass is 283 g/mol. The minimum absolute atomic E-state index is 0.0236. The molecule has 0 aromatic carbocycles. The molecule has 0 aliphatic carbocycles. The van der Waals surface area contributed by atoms with Crippen LogP contribution in [0, 0.1) is 5.92 Å². The first-order valence-electron chi connectivity index (χ1n) is 5.97. The van der Waals surface area contributed by atoms with Crippen LogP contribution in [-0.2, 0) is 11.3 Å². The van der Waals surface area contributed by atoms with Crippen molar-refractivity contribution in [2.45, 2.75) is 26.4 Å². The first kappa shape index (κ1) is 15.5. The van der Waals surface area contributed by atoms with Crippen LogP contribution in [0.3, 0.4) is 0 Å². The molecule has 8 heteroatoms. The van der Waals surface area contributed by atoms with E-state index in [1.165, 1.54) is 12.1 Å². The average Bonchev–Trinajstić information content (AvgIpc) is 2.81. The van der Waals surface area contributed by atoms with Crippen LogP contribution in [0.5, 0.6) is 0 Å². The summed E-state index contributed by atoms with van der Waals surface area (Å²) < 4.78 is 4.99. The molecule has 1 aromatic heterocycles. The van der Waals surface area contributed by atoms with E-state index in [2.05, 4.69) is 10.6 Å². The summed E-state index contributed by atoms with van der Waals surface area (Å²) in [7, 11) is 0. The maximum absolute atomic E-state index is 11.9. The number of carboxylic acids is 1. The molecule has 3 amide bonds. The van der Waals surface area contributed by atoms with E-state index in [0.717, 1.165) is 0 Å². The molecule has 1 unspecified atom stereocenters. The number of carbonyl (C=O) groups excluding carboxylic acids is 2. The summed E-state index contributed by atoms with van der Waals surface area (Å²) >= 11 is 0. The number of nitrogens with two attached hydrogens (primary N) is 1. The number of furan rings is 1. The number of hydrogen-bond donors (Lipinski definition) is 4. The van der Waals surface area contributed by atoms with Gasteiger partial charge in [0.05, 0.1) is 6.54 Å². The van der Waals surface area contributed by atoms with Crippen molar-refractivity contribution in [2.75, 3.05) is 0 Å². The SMILES string of the molecule is CC(C)C(NC(N)=O)C(=O)NCc1ccc(C(=O)O)o1. The van der Waals surface area contributed by atoms with E-state index in [1.807, 2.05) is 0 Å². The third kappa shape index (κ3) is 4.30. The predicted octanol–water partition coefficient (Wildman–Crippen LogP) is 0.287. The fraction of sp³-hybridized carbons (Fsp3) is 0.417. The molecule has 0 aliphatic heterocycles. The van der Waals surface area contributed by atoms with E-state index in [-0.39, 0.29) is 18.2 Å². The van der Waals surface area contributed by atoms with Crippen molar-refractivity contribution in [3.8, 4) is 0 Å². The quantitative estimate of drug-likeness (QED) is 0.595. The van der Waals surface area contributed by atoms with Crippen molar-refractivity contribution in [1.82, 2.24) is 10.6 Å². The minimum atomic E-state index is -1.18. The Morgan fingerprint density at radius 2 is 2.00 bits per heavy atom. The Morgan fingerprint density at radius 1 is 1.35 bits per heavy atom. The number of aromatic carboxylic acids is 1. The highest BCUT2D eigenvalue weighted by Crippen LogP contribution is 2.08. The number of primary amides is 1. The Bertz CT molecular complexity index is 509. The van der Waals surface area contributed by atoms with Crippen molar-refractivity contribution in [3.05, 3.63) is 23.7 Å². The van der Waals surface area contributed by atoms with Crippen LogP contribution < -0.4 is 16.4 Å². The topological polar surface area (TPSA) is 135 Å². The number of nitrogens with one attached hydrogen (secondary N) is 2. The molecule has 0 radical (unpaired) electrons. The molecule has 1 rings (SSSR count). The summed E-state index contributed by atoms with van der Waals surface area (Å²) in [5.74, 6) is -1.65. The van der Waals surface area contributed by atoms with E-state index in [1.54, 1.807) is 13.8 Å². The maximum Gasteiger partial charge on any atom is 0.371 e. The number of urea groups is 1. The van der Waals surface area contributed by atoms with Gasteiger partial charge in [-0.25, -0.2) is 9.59 Å². The summed E-state index contributed by atoms with van der Waals surface area (Å²) in [6, 6.07) is 1.20. The lowest BCUT2D eigenvalue weighted by atomic mass is 10.0. The van der Waals surface area contributed by atoms with Gasteiger partial charge in [-0.3, -0.25) is 4.79 Å². The minimum Gasteiger partial charge on any atom is -0.475 e. The molecule has 20 heavy (non-hydrogen) atoms. The molecular weight excluding hydrogens is 266 g/mol. The van der Waals surface area contributed by atoms with Crippen LogP contribution in [0.1, 0.15) is 30.2 Å². The van der Waals surface area contributed by atoms with Crippen molar-refractivity contribution in [2.24, 2.45) is 11.7 Å². The second kappa shape index (κ2) is 6.60. The lowest BCUT2D eigenvalue weighted by Gasteiger charge is -2.20. The number of rotatable bonds is 6. The smallest absolute Gasteiger partial charge is 0.371 e. The molecule has 1 atom stereocenters. The Morgan fingerprint density at radius 3 is 2.45 bits per heavy atom. The molecule has 0 spiro atoms. The summed E-state index contributed by atoms with van der Waals surface area (Å²) in [6.07, 6.45) is 0. The molecule has 8 nitrogen and oxygen atoms in total. The van der Waals surface area contributed by atoms with Crippen LogP contribution in [0.25, 0.3) is 0 Å². The second-order valence-electron chi connectivity index (χ2n) is 4.52. The van der Waals surface area contributed by atoms with Gasteiger partial charge in [0, 0.05) is 0 Å². The normalized spacial score (nSPS) is 11.9. The van der Waals surface area contributed by atoms with Crippen molar-refractivity contribution in [1.29, 1.82) is 0 Å². The lowest BCUT2D eigenvalue weighted by molar-refractivity contribution is -0.124. The van der Waals surface area contributed by atoms with Crippen LogP contribution >= 0.6 is 0 Å². The summed E-state index contributed by atoms with van der Waals surface area (Å²) in [4.78, 5) is 33.3. The standard InChI is InChI=1S/C12H17N3O5/c1-6(2)9(15-12(13)19)10(16)14-5-7-3-4-8(20-7)11(17)18/h3-4,6,9H,5H2,1-2H3,(H,14,16)(H,17,18)(H3,13,15,19). The largest absolute Gasteiger partial charge is 0.475 e. The van der Waals surface area contributed by atoms with Crippen LogP contribution in [0.15, 0.2) is 16.5 Å². The second-order valence-corrected chi connectivity index (χ2v) is 4.52. The highest BCUT2D eigenvalue weighted by atomic mass is 16.4. The fourth-order valence-electron chi connectivity index (χ4n) is 1.56. The Balaban J connectivity index is 2.59. The van der Waals surface area contributed by atoms with Crippen molar-refractivity contribution in [3.63, 3.8) is 0 Å². The van der Waals surface area contributed by atoms with Gasteiger partial charge in [-0.1, -0.05) is 13.8 Å². The highest BCUT2D eigenvalue weighted by molar-refractivity contribution is 5.86. The summed E-state index contributed by atoms with van der Waals surface area (Å²) in [5, 5.41) is 13.6. The van der Waals surface area contributed by atoms with E-state index in [4.69, 9.17) is 15.3 Å². The predicted molar refractivity (Wildman–Crippen MR) is 68.9 cm³/mol. The molecule has 1 heterocycles. The van der Waals surface area contributed by atoms with Gasteiger partial charge in [-0.15, -0.1) is 0 Å². The average molecular weight is 283 g/mol. The van der Waals surface area contributed by atoms with Crippen molar-refractivity contribution >= 4 is 17.9 Å². The lowest BCUT2D eigenvalue weighted by Crippen LogP contribution is -2.51. The van der Waals surface area contributed by atoms with E-state index < -0.39 is 23.9 Å². The van der Waals surface area contributed by atoms with Gasteiger partial charge in [0.2, 0.25) is 11.7 Å². The summed E-state index contributed by atoms with van der Waals surface area (Å²) in [6.45, 7) is 3.54.